The third-order valence-electron chi connectivity index (χ3n) is 4.33. The molecule has 0 bridgehead atoms. The number of anilines is 2. The number of carbonyl (C=O) groups is 1. The first kappa shape index (κ1) is 18.8. The van der Waals surface area contributed by atoms with E-state index in [9.17, 15) is 9.59 Å². The summed E-state index contributed by atoms with van der Waals surface area (Å²) in [4.78, 5) is 34.7. The van der Waals surface area contributed by atoms with E-state index in [1.165, 1.54) is 31.5 Å². The highest BCUT2D eigenvalue weighted by atomic mass is 16.2. The Labute approximate surface area is 157 Å². The van der Waals surface area contributed by atoms with E-state index in [0.29, 0.717) is 19.0 Å². The standard InChI is InChI=1S/C18H25N7O2/c1-14-12-15(24-10-3-2-4-11-24)23-18(22-14)20-9-8-19-16(26)13-25-17(27)6-5-7-21-25/h5-7,12H,2-4,8-11,13H2,1H3,(H,19,26)(H,20,22,23). The maximum absolute atomic E-state index is 11.9. The third kappa shape index (κ3) is 5.50. The van der Waals surface area contributed by atoms with Crippen molar-refractivity contribution in [1.82, 2.24) is 25.1 Å². The predicted octanol–water partition coefficient (Wildman–Crippen LogP) is 0.560. The summed E-state index contributed by atoms with van der Waals surface area (Å²) in [6, 6.07) is 4.92. The number of aromatic nitrogens is 4. The van der Waals surface area contributed by atoms with Gasteiger partial charge >= 0.3 is 0 Å². The van der Waals surface area contributed by atoms with Crippen LogP contribution in [0.4, 0.5) is 11.8 Å². The van der Waals surface area contributed by atoms with Gasteiger partial charge in [-0.25, -0.2) is 9.67 Å². The van der Waals surface area contributed by atoms with Crippen LogP contribution in [0.3, 0.4) is 0 Å². The summed E-state index contributed by atoms with van der Waals surface area (Å²) in [5.41, 5.74) is 0.607. The van der Waals surface area contributed by atoms with Gasteiger partial charge in [-0.05, 0) is 32.3 Å². The van der Waals surface area contributed by atoms with Gasteiger partial charge in [-0.15, -0.1) is 0 Å². The minimum absolute atomic E-state index is 0.0975. The number of nitrogens with one attached hydrogen (secondary N) is 2. The molecule has 0 unspecified atom stereocenters. The molecule has 2 aromatic heterocycles. The van der Waals surface area contributed by atoms with Gasteiger partial charge in [-0.1, -0.05) is 0 Å². The fraction of sp³-hybridized carbons (Fsp3) is 0.500. The lowest BCUT2D eigenvalue weighted by atomic mass is 10.1. The predicted molar refractivity (Wildman–Crippen MR) is 103 cm³/mol. The van der Waals surface area contributed by atoms with E-state index in [1.54, 1.807) is 6.07 Å². The molecule has 0 saturated carbocycles. The van der Waals surface area contributed by atoms with Gasteiger partial charge in [-0.2, -0.15) is 10.1 Å². The number of aryl methyl sites for hydroxylation is 1. The minimum Gasteiger partial charge on any atom is -0.356 e. The van der Waals surface area contributed by atoms with Gasteiger partial charge in [0.25, 0.3) is 5.56 Å². The molecular formula is C18H25N7O2. The van der Waals surface area contributed by atoms with Crippen LogP contribution >= 0.6 is 0 Å². The van der Waals surface area contributed by atoms with Crippen LogP contribution in [0.5, 0.6) is 0 Å². The fourth-order valence-corrected chi connectivity index (χ4v) is 2.99. The maximum Gasteiger partial charge on any atom is 0.267 e. The molecule has 27 heavy (non-hydrogen) atoms. The second kappa shape index (κ2) is 9.11. The summed E-state index contributed by atoms with van der Waals surface area (Å²) < 4.78 is 1.12. The van der Waals surface area contributed by atoms with Crippen LogP contribution < -0.4 is 21.1 Å². The summed E-state index contributed by atoms with van der Waals surface area (Å²) >= 11 is 0. The molecule has 0 spiro atoms. The molecule has 0 atom stereocenters. The average Bonchev–Trinajstić information content (AvgIpc) is 2.67. The Morgan fingerprint density at radius 1 is 1.19 bits per heavy atom. The number of amides is 1. The zero-order valence-corrected chi connectivity index (χ0v) is 15.5. The lowest BCUT2D eigenvalue weighted by Gasteiger charge is -2.28. The Kier molecular flexibility index (Phi) is 6.35. The number of nitrogens with zero attached hydrogens (tertiary/aromatic N) is 5. The fourth-order valence-electron chi connectivity index (χ4n) is 2.99. The highest BCUT2D eigenvalue weighted by Gasteiger charge is 2.13. The first-order valence-corrected chi connectivity index (χ1v) is 9.25. The van der Waals surface area contributed by atoms with E-state index in [0.717, 1.165) is 29.3 Å². The van der Waals surface area contributed by atoms with Crippen molar-refractivity contribution in [3.63, 3.8) is 0 Å². The average molecular weight is 371 g/mol. The second-order valence-corrected chi connectivity index (χ2v) is 6.54. The smallest absolute Gasteiger partial charge is 0.267 e. The van der Waals surface area contributed by atoms with E-state index < -0.39 is 0 Å². The number of piperidine rings is 1. The van der Waals surface area contributed by atoms with Crippen molar-refractivity contribution >= 4 is 17.7 Å². The molecule has 3 heterocycles. The molecule has 1 aliphatic heterocycles. The molecule has 0 aromatic carbocycles. The SMILES string of the molecule is Cc1cc(N2CCCCC2)nc(NCCNC(=O)Cn2ncccc2=O)n1. The van der Waals surface area contributed by atoms with Crippen molar-refractivity contribution in [3.05, 3.63) is 40.4 Å². The Morgan fingerprint density at radius 3 is 2.78 bits per heavy atom. The third-order valence-corrected chi connectivity index (χ3v) is 4.33. The highest BCUT2D eigenvalue weighted by molar-refractivity contribution is 5.75. The highest BCUT2D eigenvalue weighted by Crippen LogP contribution is 2.19. The first-order chi connectivity index (χ1) is 13.1. The molecular weight excluding hydrogens is 346 g/mol. The molecule has 9 heteroatoms. The minimum atomic E-state index is -0.302. The maximum atomic E-state index is 11.9. The van der Waals surface area contributed by atoms with E-state index in [2.05, 4.69) is 30.6 Å². The van der Waals surface area contributed by atoms with E-state index >= 15 is 0 Å². The van der Waals surface area contributed by atoms with Crippen molar-refractivity contribution < 1.29 is 4.79 Å². The summed E-state index contributed by atoms with van der Waals surface area (Å²) in [5.74, 6) is 1.24. The molecule has 1 saturated heterocycles. The molecule has 144 valence electrons. The van der Waals surface area contributed by atoms with Gasteiger partial charge < -0.3 is 15.5 Å². The van der Waals surface area contributed by atoms with Crippen molar-refractivity contribution in [2.45, 2.75) is 32.7 Å². The molecule has 2 aromatic rings. The lowest BCUT2D eigenvalue weighted by Crippen LogP contribution is -2.35. The topological polar surface area (TPSA) is 105 Å². The molecule has 3 rings (SSSR count). The van der Waals surface area contributed by atoms with Gasteiger partial charge in [0.05, 0.1) is 0 Å². The van der Waals surface area contributed by atoms with Crippen molar-refractivity contribution in [1.29, 1.82) is 0 Å². The van der Waals surface area contributed by atoms with Crippen LogP contribution in [0.1, 0.15) is 25.0 Å². The largest absolute Gasteiger partial charge is 0.356 e. The normalized spacial score (nSPS) is 14.0. The van der Waals surface area contributed by atoms with E-state index in [-0.39, 0.29) is 18.0 Å². The van der Waals surface area contributed by atoms with Crippen molar-refractivity contribution in [2.24, 2.45) is 0 Å². The van der Waals surface area contributed by atoms with Gasteiger partial charge in [0.2, 0.25) is 11.9 Å². The van der Waals surface area contributed by atoms with Crippen molar-refractivity contribution in [3.8, 4) is 0 Å². The molecule has 1 amide bonds. The molecule has 1 aliphatic rings. The number of carbonyl (C=O) groups excluding carboxylic acids is 1. The summed E-state index contributed by atoms with van der Waals surface area (Å²) in [7, 11) is 0. The number of rotatable bonds is 7. The summed E-state index contributed by atoms with van der Waals surface area (Å²) in [6.07, 6.45) is 5.13. The summed E-state index contributed by atoms with van der Waals surface area (Å²) in [6.45, 7) is 4.80. The van der Waals surface area contributed by atoms with Gasteiger partial charge in [0.1, 0.15) is 12.4 Å². The first-order valence-electron chi connectivity index (χ1n) is 9.25. The van der Waals surface area contributed by atoms with Crippen LogP contribution in [0.2, 0.25) is 0 Å². The zero-order valence-electron chi connectivity index (χ0n) is 15.5. The lowest BCUT2D eigenvalue weighted by molar-refractivity contribution is -0.121. The summed E-state index contributed by atoms with van der Waals surface area (Å²) in [5, 5.41) is 9.76. The molecule has 1 fully saturated rings. The number of hydrogen-bond acceptors (Lipinski definition) is 7. The molecule has 9 nitrogen and oxygen atoms in total. The Morgan fingerprint density at radius 2 is 2.00 bits per heavy atom. The number of hydrogen-bond donors (Lipinski definition) is 2. The van der Waals surface area contributed by atoms with Crippen LogP contribution in [0, 0.1) is 6.92 Å². The quantitative estimate of drug-likeness (QED) is 0.685. The van der Waals surface area contributed by atoms with Crippen LogP contribution in [0.15, 0.2) is 29.2 Å². The van der Waals surface area contributed by atoms with Crippen LogP contribution in [0.25, 0.3) is 0 Å². The monoisotopic (exact) mass is 371 g/mol. The Balaban J connectivity index is 1.47. The Hall–Kier alpha value is -2.97. The zero-order chi connectivity index (χ0) is 19.1. The van der Waals surface area contributed by atoms with Crippen molar-refractivity contribution in [2.75, 3.05) is 36.4 Å². The van der Waals surface area contributed by atoms with Gasteiger partial charge in [0, 0.05) is 50.2 Å². The molecule has 0 aliphatic carbocycles. The molecule has 0 radical (unpaired) electrons. The van der Waals surface area contributed by atoms with E-state index in [1.807, 2.05) is 13.0 Å². The second-order valence-electron chi connectivity index (χ2n) is 6.54. The van der Waals surface area contributed by atoms with Crippen LogP contribution in [-0.4, -0.2) is 51.8 Å². The Bertz CT molecular complexity index is 830. The van der Waals surface area contributed by atoms with Gasteiger partial charge in [0.15, 0.2) is 0 Å². The van der Waals surface area contributed by atoms with Crippen LogP contribution in [-0.2, 0) is 11.3 Å². The van der Waals surface area contributed by atoms with Gasteiger partial charge in [-0.3, -0.25) is 9.59 Å². The van der Waals surface area contributed by atoms with E-state index in [4.69, 9.17) is 0 Å². The molecule has 2 N–H and O–H groups in total.